The number of nitrogens with two attached hydrogens (primary N) is 1. The standard InChI is InChI=1S/C20H44N2/c1-3-5-6-7-8-9-10-11-12-13-14-15-16-17-18-19-20-22(21)4-2/h3-21H2,1-2H3. The molecule has 0 atom stereocenters. The van der Waals surface area contributed by atoms with E-state index in [1.165, 1.54) is 103 Å². The largest absolute Gasteiger partial charge is 0.269 e. The van der Waals surface area contributed by atoms with E-state index in [1.807, 2.05) is 5.01 Å². The first-order valence-corrected chi connectivity index (χ1v) is 10.3. The minimum absolute atomic E-state index is 0.971. The van der Waals surface area contributed by atoms with Crippen molar-refractivity contribution in [2.45, 2.75) is 117 Å². The highest BCUT2D eigenvalue weighted by molar-refractivity contribution is 4.51. The van der Waals surface area contributed by atoms with Gasteiger partial charge in [0.2, 0.25) is 0 Å². The first kappa shape index (κ1) is 21.9. The Labute approximate surface area is 141 Å². The van der Waals surface area contributed by atoms with E-state index in [0.29, 0.717) is 0 Å². The van der Waals surface area contributed by atoms with Gasteiger partial charge in [-0.1, -0.05) is 110 Å². The third kappa shape index (κ3) is 18.0. The van der Waals surface area contributed by atoms with Gasteiger partial charge in [-0.3, -0.25) is 5.84 Å². The molecule has 0 saturated heterocycles. The Balaban J connectivity index is 2.97. The van der Waals surface area contributed by atoms with Crippen molar-refractivity contribution in [3.05, 3.63) is 0 Å². The summed E-state index contributed by atoms with van der Waals surface area (Å²) in [7, 11) is 0. The Bertz CT molecular complexity index is 194. The van der Waals surface area contributed by atoms with Crippen LogP contribution in [0.4, 0.5) is 0 Å². The summed E-state index contributed by atoms with van der Waals surface area (Å²) < 4.78 is 0. The molecule has 0 bridgehead atoms. The van der Waals surface area contributed by atoms with Gasteiger partial charge >= 0.3 is 0 Å². The van der Waals surface area contributed by atoms with E-state index in [1.54, 1.807) is 0 Å². The average Bonchev–Trinajstić information content (AvgIpc) is 2.54. The lowest BCUT2D eigenvalue weighted by Crippen LogP contribution is -2.31. The van der Waals surface area contributed by atoms with Crippen molar-refractivity contribution < 1.29 is 0 Å². The minimum atomic E-state index is 0.971. The second-order valence-corrected chi connectivity index (χ2v) is 6.93. The van der Waals surface area contributed by atoms with Gasteiger partial charge in [-0.2, -0.15) is 0 Å². The Morgan fingerprint density at radius 3 is 1.14 bits per heavy atom. The van der Waals surface area contributed by atoms with Crippen molar-refractivity contribution in [2.75, 3.05) is 13.1 Å². The molecule has 2 nitrogen and oxygen atoms in total. The van der Waals surface area contributed by atoms with Gasteiger partial charge < -0.3 is 0 Å². The molecule has 0 radical (unpaired) electrons. The van der Waals surface area contributed by atoms with Crippen molar-refractivity contribution in [3.8, 4) is 0 Å². The number of unbranched alkanes of at least 4 members (excludes halogenated alkanes) is 15. The molecule has 0 aliphatic rings. The molecule has 134 valence electrons. The fraction of sp³-hybridized carbons (Fsp3) is 1.00. The third-order valence-electron chi connectivity index (χ3n) is 4.71. The van der Waals surface area contributed by atoms with E-state index in [9.17, 15) is 0 Å². The van der Waals surface area contributed by atoms with Crippen LogP contribution in [0.5, 0.6) is 0 Å². The SMILES string of the molecule is CCCCCCCCCCCCCCCCCCN(N)CC. The maximum atomic E-state index is 5.77. The van der Waals surface area contributed by atoms with Gasteiger partial charge in [0.05, 0.1) is 0 Å². The van der Waals surface area contributed by atoms with E-state index < -0.39 is 0 Å². The average molecular weight is 313 g/mol. The minimum Gasteiger partial charge on any atom is -0.269 e. The van der Waals surface area contributed by atoms with Gasteiger partial charge in [0.25, 0.3) is 0 Å². The molecule has 2 heteroatoms. The Morgan fingerprint density at radius 1 is 0.500 bits per heavy atom. The molecule has 0 unspecified atom stereocenters. The van der Waals surface area contributed by atoms with Crippen LogP contribution in [0, 0.1) is 0 Å². The lowest BCUT2D eigenvalue weighted by molar-refractivity contribution is 0.290. The molecule has 0 aromatic rings. The summed E-state index contributed by atoms with van der Waals surface area (Å²) >= 11 is 0. The van der Waals surface area contributed by atoms with Crippen molar-refractivity contribution in [1.82, 2.24) is 5.01 Å². The Kier molecular flexibility index (Phi) is 18.9. The van der Waals surface area contributed by atoms with Crippen LogP contribution in [0.1, 0.15) is 117 Å². The van der Waals surface area contributed by atoms with Crippen LogP contribution in [0.2, 0.25) is 0 Å². The van der Waals surface area contributed by atoms with Gasteiger partial charge in [-0.05, 0) is 6.42 Å². The molecule has 0 aliphatic carbocycles. The molecule has 0 spiro atoms. The highest BCUT2D eigenvalue weighted by Gasteiger charge is 1.96. The number of hydrogen-bond acceptors (Lipinski definition) is 2. The van der Waals surface area contributed by atoms with Crippen molar-refractivity contribution in [2.24, 2.45) is 5.84 Å². The van der Waals surface area contributed by atoms with Crippen molar-refractivity contribution >= 4 is 0 Å². The first-order chi connectivity index (χ1) is 10.8. The first-order valence-electron chi connectivity index (χ1n) is 10.3. The monoisotopic (exact) mass is 312 g/mol. The predicted molar refractivity (Wildman–Crippen MR) is 101 cm³/mol. The fourth-order valence-corrected chi connectivity index (χ4v) is 3.02. The van der Waals surface area contributed by atoms with E-state index in [2.05, 4.69) is 13.8 Å². The van der Waals surface area contributed by atoms with Crippen molar-refractivity contribution in [1.29, 1.82) is 0 Å². The molecule has 0 saturated carbocycles. The van der Waals surface area contributed by atoms with Crippen LogP contribution in [0.3, 0.4) is 0 Å². The lowest BCUT2D eigenvalue weighted by atomic mass is 10.0. The van der Waals surface area contributed by atoms with Gasteiger partial charge in [-0.15, -0.1) is 0 Å². The van der Waals surface area contributed by atoms with Crippen molar-refractivity contribution in [3.63, 3.8) is 0 Å². The maximum absolute atomic E-state index is 5.77. The van der Waals surface area contributed by atoms with Crippen LogP contribution in [0.25, 0.3) is 0 Å². The molecule has 0 aromatic carbocycles. The van der Waals surface area contributed by atoms with E-state index in [-0.39, 0.29) is 0 Å². The molecule has 0 heterocycles. The molecular formula is C20H44N2. The quantitative estimate of drug-likeness (QED) is 0.179. The number of hydrazine groups is 1. The summed E-state index contributed by atoms with van der Waals surface area (Å²) in [5.74, 6) is 5.77. The number of hydrogen-bond donors (Lipinski definition) is 1. The number of rotatable bonds is 18. The van der Waals surface area contributed by atoms with Crippen LogP contribution in [-0.2, 0) is 0 Å². The van der Waals surface area contributed by atoms with Gasteiger partial charge in [0, 0.05) is 13.1 Å². The zero-order chi connectivity index (χ0) is 16.3. The normalized spacial score (nSPS) is 11.5. The van der Waals surface area contributed by atoms with Gasteiger partial charge in [-0.25, -0.2) is 5.01 Å². The Hall–Kier alpha value is -0.0800. The summed E-state index contributed by atoms with van der Waals surface area (Å²) in [6.45, 7) is 6.44. The summed E-state index contributed by atoms with van der Waals surface area (Å²) in [5, 5.41) is 1.92. The third-order valence-corrected chi connectivity index (χ3v) is 4.71. The van der Waals surface area contributed by atoms with E-state index in [4.69, 9.17) is 5.84 Å². The Morgan fingerprint density at radius 2 is 0.818 bits per heavy atom. The predicted octanol–water partition coefficient (Wildman–Crippen LogP) is 6.44. The maximum Gasteiger partial charge on any atom is 0.0128 e. The summed E-state index contributed by atoms with van der Waals surface area (Å²) in [6.07, 6.45) is 22.9. The molecule has 0 rings (SSSR count). The molecule has 0 aromatic heterocycles. The molecule has 0 amide bonds. The van der Waals surface area contributed by atoms with Gasteiger partial charge in [0.15, 0.2) is 0 Å². The smallest absolute Gasteiger partial charge is 0.0128 e. The molecule has 2 N–H and O–H groups in total. The number of nitrogens with zero attached hydrogens (tertiary/aromatic N) is 1. The summed E-state index contributed by atoms with van der Waals surface area (Å²) in [4.78, 5) is 0. The highest BCUT2D eigenvalue weighted by atomic mass is 15.4. The summed E-state index contributed by atoms with van der Waals surface area (Å²) in [6, 6.07) is 0. The fourth-order valence-electron chi connectivity index (χ4n) is 3.02. The highest BCUT2D eigenvalue weighted by Crippen LogP contribution is 2.13. The van der Waals surface area contributed by atoms with Gasteiger partial charge in [0.1, 0.15) is 0 Å². The lowest BCUT2D eigenvalue weighted by Gasteiger charge is -2.12. The molecule has 0 aliphatic heterocycles. The zero-order valence-corrected chi connectivity index (χ0v) is 15.8. The van der Waals surface area contributed by atoms with Crippen LogP contribution < -0.4 is 5.84 Å². The molecule has 22 heavy (non-hydrogen) atoms. The molecule has 0 fully saturated rings. The van der Waals surface area contributed by atoms with Crippen LogP contribution >= 0.6 is 0 Å². The molecular weight excluding hydrogens is 268 g/mol. The second kappa shape index (κ2) is 19.0. The topological polar surface area (TPSA) is 29.3 Å². The van der Waals surface area contributed by atoms with E-state index >= 15 is 0 Å². The zero-order valence-electron chi connectivity index (χ0n) is 15.8. The van der Waals surface area contributed by atoms with E-state index in [0.717, 1.165) is 13.1 Å². The summed E-state index contributed by atoms with van der Waals surface area (Å²) in [5.41, 5.74) is 0. The second-order valence-electron chi connectivity index (χ2n) is 6.93. The van der Waals surface area contributed by atoms with Crippen LogP contribution in [0.15, 0.2) is 0 Å². The van der Waals surface area contributed by atoms with Crippen LogP contribution in [-0.4, -0.2) is 18.1 Å².